The average molecular weight is 472 g/mol. The quantitative estimate of drug-likeness (QED) is 0.535. The third kappa shape index (κ3) is 3.98. The molecule has 0 radical (unpaired) electrons. The number of carbonyl (C=O) groups excluding carboxylic acids is 1. The summed E-state index contributed by atoms with van der Waals surface area (Å²) >= 11 is 2.18. The van der Waals surface area contributed by atoms with Gasteiger partial charge in [0.15, 0.2) is 0 Å². The number of carbonyl (C=O) groups is 1. The van der Waals surface area contributed by atoms with Crippen LogP contribution >= 0.6 is 22.6 Å². The van der Waals surface area contributed by atoms with Crippen LogP contribution in [0.25, 0.3) is 0 Å². The summed E-state index contributed by atoms with van der Waals surface area (Å²) in [5, 5.41) is 9.63. The van der Waals surface area contributed by atoms with Crippen molar-refractivity contribution in [2.75, 3.05) is 0 Å². The molecule has 0 bridgehead atoms. The fraction of sp³-hybridized carbons (Fsp3) is 0.143. The van der Waals surface area contributed by atoms with Crippen molar-refractivity contribution in [3.63, 3.8) is 0 Å². The van der Waals surface area contributed by atoms with E-state index in [2.05, 4.69) is 28.7 Å². The normalized spacial score (nSPS) is 16.6. The molecular weight excluding hydrogens is 455 g/mol. The number of hydrogen-bond acceptors (Lipinski definition) is 5. The van der Waals surface area contributed by atoms with Gasteiger partial charge in [-0.25, -0.2) is 4.79 Å². The predicted molar refractivity (Wildman–Crippen MR) is 109 cm³/mol. The third-order valence-corrected chi connectivity index (χ3v) is 5.24. The maximum absolute atomic E-state index is 12.9. The first-order chi connectivity index (χ1) is 13.0. The van der Waals surface area contributed by atoms with Gasteiger partial charge in [0.2, 0.25) is 5.88 Å². The van der Waals surface area contributed by atoms with Crippen LogP contribution in [0.2, 0.25) is 0 Å². The van der Waals surface area contributed by atoms with Crippen molar-refractivity contribution in [2.24, 2.45) is 5.73 Å². The van der Waals surface area contributed by atoms with E-state index in [4.69, 9.17) is 15.2 Å². The lowest BCUT2D eigenvalue weighted by molar-refractivity contribution is -0.140. The molecule has 0 aromatic heterocycles. The molecule has 2 N–H and O–H groups in total. The van der Waals surface area contributed by atoms with E-state index in [0.29, 0.717) is 11.3 Å². The number of rotatable bonds is 4. The Balaban J connectivity index is 1.98. The van der Waals surface area contributed by atoms with Gasteiger partial charge in [0.05, 0.1) is 11.5 Å². The van der Waals surface area contributed by atoms with E-state index in [1.165, 1.54) is 0 Å². The highest BCUT2D eigenvalue weighted by Crippen LogP contribution is 2.41. The van der Waals surface area contributed by atoms with Crippen LogP contribution in [0.5, 0.6) is 0 Å². The zero-order valence-electron chi connectivity index (χ0n) is 14.6. The summed E-state index contributed by atoms with van der Waals surface area (Å²) in [6.07, 6.45) is 0. The number of ether oxygens (including phenoxy) is 2. The zero-order chi connectivity index (χ0) is 19.4. The number of nitrogens with zero attached hydrogens (tertiary/aromatic N) is 1. The van der Waals surface area contributed by atoms with Gasteiger partial charge in [0.25, 0.3) is 0 Å². The van der Waals surface area contributed by atoms with E-state index in [1.807, 2.05) is 54.6 Å². The van der Waals surface area contributed by atoms with E-state index < -0.39 is 11.9 Å². The van der Waals surface area contributed by atoms with Crippen LogP contribution in [0.3, 0.4) is 0 Å². The van der Waals surface area contributed by atoms with Crippen molar-refractivity contribution in [2.45, 2.75) is 19.4 Å². The minimum atomic E-state index is -0.625. The summed E-state index contributed by atoms with van der Waals surface area (Å²) in [6.45, 7) is 1.79. The number of benzene rings is 2. The first kappa shape index (κ1) is 19.0. The fourth-order valence-electron chi connectivity index (χ4n) is 2.97. The van der Waals surface area contributed by atoms with E-state index in [9.17, 15) is 10.1 Å². The largest absolute Gasteiger partial charge is 0.457 e. The molecule has 1 heterocycles. The molecule has 0 amide bonds. The molecule has 0 saturated carbocycles. The molecule has 2 aromatic carbocycles. The van der Waals surface area contributed by atoms with E-state index >= 15 is 0 Å². The Morgan fingerprint density at radius 2 is 1.89 bits per heavy atom. The Morgan fingerprint density at radius 1 is 1.22 bits per heavy atom. The lowest BCUT2D eigenvalue weighted by Crippen LogP contribution is -2.26. The Kier molecular flexibility index (Phi) is 5.81. The maximum atomic E-state index is 12.9. The topological polar surface area (TPSA) is 85.3 Å². The van der Waals surface area contributed by atoms with E-state index in [0.717, 1.165) is 14.7 Å². The van der Waals surface area contributed by atoms with Crippen LogP contribution in [-0.2, 0) is 20.9 Å². The molecule has 0 saturated heterocycles. The van der Waals surface area contributed by atoms with Gasteiger partial charge in [-0.05, 0) is 46.7 Å². The molecule has 2 aromatic rings. The highest BCUT2D eigenvalue weighted by Gasteiger charge is 2.37. The van der Waals surface area contributed by atoms with Crippen molar-refractivity contribution in [1.82, 2.24) is 0 Å². The average Bonchev–Trinajstić information content (AvgIpc) is 2.67. The number of allylic oxidation sites excluding steroid dienone is 2. The maximum Gasteiger partial charge on any atom is 0.338 e. The third-order valence-electron chi connectivity index (χ3n) is 4.25. The van der Waals surface area contributed by atoms with Crippen molar-refractivity contribution in [3.05, 3.63) is 92.1 Å². The molecule has 1 aliphatic heterocycles. The summed E-state index contributed by atoms with van der Waals surface area (Å²) in [5.41, 5.74) is 8.12. The summed E-state index contributed by atoms with van der Waals surface area (Å²) in [7, 11) is 0. The molecule has 5 nitrogen and oxygen atoms in total. The predicted octanol–water partition coefficient (Wildman–Crippen LogP) is 4.12. The number of hydrogen-bond donors (Lipinski definition) is 1. The number of nitrogens with two attached hydrogens (primary N) is 1. The van der Waals surface area contributed by atoms with Gasteiger partial charge in [-0.1, -0.05) is 48.5 Å². The first-order valence-corrected chi connectivity index (χ1v) is 9.34. The van der Waals surface area contributed by atoms with Crippen LogP contribution in [-0.4, -0.2) is 5.97 Å². The Hall–Kier alpha value is -2.79. The smallest absolute Gasteiger partial charge is 0.338 e. The van der Waals surface area contributed by atoms with Gasteiger partial charge in [0, 0.05) is 3.57 Å². The highest BCUT2D eigenvalue weighted by atomic mass is 127. The fourth-order valence-corrected chi connectivity index (χ4v) is 3.67. The minimum absolute atomic E-state index is 0.0132. The lowest BCUT2D eigenvalue weighted by atomic mass is 9.83. The van der Waals surface area contributed by atoms with Crippen LogP contribution in [0.15, 0.2) is 77.4 Å². The molecule has 0 aliphatic carbocycles. The molecule has 1 aliphatic rings. The Labute approximate surface area is 171 Å². The summed E-state index contributed by atoms with van der Waals surface area (Å²) < 4.78 is 11.9. The van der Waals surface area contributed by atoms with Gasteiger partial charge >= 0.3 is 5.97 Å². The van der Waals surface area contributed by atoms with Gasteiger partial charge in [-0.3, -0.25) is 0 Å². The second kappa shape index (κ2) is 8.27. The molecule has 3 rings (SSSR count). The molecule has 6 heteroatoms. The van der Waals surface area contributed by atoms with Crippen molar-refractivity contribution in [1.29, 1.82) is 5.26 Å². The molecule has 1 atom stereocenters. The summed E-state index contributed by atoms with van der Waals surface area (Å²) in [5.74, 6) is -0.796. The second-order valence-corrected chi connectivity index (χ2v) is 7.14. The molecule has 136 valence electrons. The number of halogens is 1. The highest BCUT2D eigenvalue weighted by molar-refractivity contribution is 14.1. The molecular formula is C21H17IN2O3. The lowest BCUT2D eigenvalue weighted by Gasteiger charge is -2.27. The van der Waals surface area contributed by atoms with Crippen LogP contribution in [0.4, 0.5) is 0 Å². The van der Waals surface area contributed by atoms with Crippen molar-refractivity contribution in [3.8, 4) is 6.07 Å². The zero-order valence-corrected chi connectivity index (χ0v) is 16.8. The monoisotopic (exact) mass is 472 g/mol. The molecule has 27 heavy (non-hydrogen) atoms. The van der Waals surface area contributed by atoms with Crippen molar-refractivity contribution >= 4 is 28.6 Å². The molecule has 0 spiro atoms. The van der Waals surface area contributed by atoms with Crippen LogP contribution in [0, 0.1) is 14.9 Å². The molecule has 0 unspecified atom stereocenters. The van der Waals surface area contributed by atoms with Gasteiger partial charge in [-0.2, -0.15) is 5.26 Å². The standard InChI is InChI=1S/C21H17IN2O3/c1-13-18(21(25)26-12-14-7-3-2-4-8-14)19(16(11-23)20(24)27-13)15-9-5-6-10-17(15)22/h2-10,19H,12,24H2,1H3/t19-/m0/s1. The first-order valence-electron chi connectivity index (χ1n) is 8.26. The van der Waals surface area contributed by atoms with E-state index in [-0.39, 0.29) is 18.1 Å². The molecule has 0 fully saturated rings. The Morgan fingerprint density at radius 3 is 2.56 bits per heavy atom. The minimum Gasteiger partial charge on any atom is -0.457 e. The van der Waals surface area contributed by atoms with Crippen LogP contribution < -0.4 is 5.73 Å². The SMILES string of the molecule is CC1=C(C(=O)OCc2ccccc2)[C@@H](c2ccccc2I)C(C#N)=C(N)O1. The summed E-state index contributed by atoms with van der Waals surface area (Å²) in [4.78, 5) is 12.9. The van der Waals surface area contributed by atoms with Crippen molar-refractivity contribution < 1.29 is 14.3 Å². The van der Waals surface area contributed by atoms with Gasteiger partial charge < -0.3 is 15.2 Å². The second-order valence-electron chi connectivity index (χ2n) is 5.98. The summed E-state index contributed by atoms with van der Waals surface area (Å²) in [6, 6.07) is 19.0. The Bertz CT molecular complexity index is 974. The number of esters is 1. The number of nitriles is 1. The van der Waals surface area contributed by atoms with E-state index in [1.54, 1.807) is 6.92 Å². The van der Waals surface area contributed by atoms with Crippen LogP contribution in [0.1, 0.15) is 24.0 Å². The van der Waals surface area contributed by atoms with Gasteiger partial charge in [0.1, 0.15) is 24.0 Å². The van der Waals surface area contributed by atoms with Gasteiger partial charge in [-0.15, -0.1) is 0 Å².